The van der Waals surface area contributed by atoms with Crippen molar-refractivity contribution in [3.05, 3.63) is 36.0 Å². The third-order valence-corrected chi connectivity index (χ3v) is 5.59. The Morgan fingerprint density at radius 3 is 2.70 bits per heavy atom. The van der Waals surface area contributed by atoms with Crippen molar-refractivity contribution in [1.82, 2.24) is 0 Å². The van der Waals surface area contributed by atoms with Crippen LogP contribution < -0.4 is 5.32 Å². The van der Waals surface area contributed by atoms with Crippen LogP contribution in [0.15, 0.2) is 40.9 Å². The second-order valence-electron chi connectivity index (χ2n) is 6.74. The molecular formula is C19H24N2OS. The molecule has 1 atom stereocenters. The fourth-order valence-electron chi connectivity index (χ4n) is 2.88. The van der Waals surface area contributed by atoms with E-state index >= 15 is 0 Å². The first-order chi connectivity index (χ1) is 11.0. The molecule has 0 amide bonds. The van der Waals surface area contributed by atoms with Gasteiger partial charge in [0.15, 0.2) is 5.78 Å². The normalized spacial score (nSPS) is 20.3. The van der Waals surface area contributed by atoms with E-state index in [9.17, 15) is 4.79 Å². The summed E-state index contributed by atoms with van der Waals surface area (Å²) in [5.74, 6) is 0.824. The van der Waals surface area contributed by atoms with Crippen molar-refractivity contribution < 1.29 is 4.79 Å². The molecule has 0 heterocycles. The van der Waals surface area contributed by atoms with Gasteiger partial charge in [0.1, 0.15) is 5.40 Å². The number of rotatable bonds is 5. The Balaban J connectivity index is 2.05. The molecule has 23 heavy (non-hydrogen) atoms. The Bertz CT molecular complexity index is 626. The van der Waals surface area contributed by atoms with Crippen molar-refractivity contribution >= 4 is 23.2 Å². The lowest BCUT2D eigenvalue weighted by Crippen LogP contribution is -2.29. The summed E-state index contributed by atoms with van der Waals surface area (Å²) < 4.78 is 0. The van der Waals surface area contributed by atoms with Gasteiger partial charge < -0.3 is 5.32 Å². The quantitative estimate of drug-likeness (QED) is 0.449. The molecule has 0 aliphatic heterocycles. The lowest BCUT2D eigenvalue weighted by molar-refractivity contribution is -0.117. The first-order valence-corrected chi connectivity index (χ1v) is 8.92. The van der Waals surface area contributed by atoms with Gasteiger partial charge in [0.2, 0.25) is 0 Å². The van der Waals surface area contributed by atoms with Gasteiger partial charge in [-0.3, -0.25) is 4.79 Å². The largest absolute Gasteiger partial charge is 0.361 e. The molecule has 122 valence electrons. The molecule has 0 saturated heterocycles. The van der Waals surface area contributed by atoms with E-state index < -0.39 is 0 Å². The van der Waals surface area contributed by atoms with Crippen LogP contribution in [0, 0.1) is 22.0 Å². The summed E-state index contributed by atoms with van der Waals surface area (Å²) in [6.45, 7) is 6.81. The average molecular weight is 328 g/mol. The van der Waals surface area contributed by atoms with Crippen molar-refractivity contribution in [2.24, 2.45) is 11.3 Å². The predicted molar refractivity (Wildman–Crippen MR) is 96.0 cm³/mol. The molecule has 1 aromatic rings. The summed E-state index contributed by atoms with van der Waals surface area (Å²) in [6, 6.07) is 7.66. The van der Waals surface area contributed by atoms with Crippen molar-refractivity contribution in [3.63, 3.8) is 0 Å². The molecule has 1 saturated carbocycles. The summed E-state index contributed by atoms with van der Waals surface area (Å²) >= 11 is 1.14. The van der Waals surface area contributed by atoms with Gasteiger partial charge in [-0.1, -0.05) is 27.2 Å². The van der Waals surface area contributed by atoms with E-state index in [4.69, 9.17) is 5.26 Å². The van der Waals surface area contributed by atoms with E-state index in [0.29, 0.717) is 12.3 Å². The number of nitriles is 1. The number of thioether (sulfide) groups is 1. The highest BCUT2D eigenvalue weighted by molar-refractivity contribution is 8.03. The molecular weight excluding hydrogens is 304 g/mol. The minimum Gasteiger partial charge on any atom is -0.361 e. The monoisotopic (exact) mass is 328 g/mol. The summed E-state index contributed by atoms with van der Waals surface area (Å²) in [4.78, 5) is 13.1. The van der Waals surface area contributed by atoms with Crippen LogP contribution in [0.3, 0.4) is 0 Å². The molecule has 0 aromatic heterocycles. The zero-order valence-electron chi connectivity index (χ0n) is 14.1. The third kappa shape index (κ3) is 4.62. The van der Waals surface area contributed by atoms with E-state index in [-0.39, 0.29) is 11.2 Å². The summed E-state index contributed by atoms with van der Waals surface area (Å²) in [5, 5.41) is 13.9. The maximum Gasteiger partial charge on any atom is 0.160 e. The number of nitrogens with zero attached hydrogens (tertiary/aromatic N) is 1. The van der Waals surface area contributed by atoms with Gasteiger partial charge in [0, 0.05) is 28.8 Å². The van der Waals surface area contributed by atoms with Crippen LogP contribution in [0.4, 0.5) is 5.69 Å². The van der Waals surface area contributed by atoms with Gasteiger partial charge in [0.25, 0.3) is 0 Å². The predicted octanol–water partition coefficient (Wildman–Crippen LogP) is 5.36. The van der Waals surface area contributed by atoms with Crippen LogP contribution in [-0.2, 0) is 4.79 Å². The second kappa shape index (κ2) is 7.70. The van der Waals surface area contributed by atoms with Crippen molar-refractivity contribution in [1.29, 1.82) is 5.26 Å². The Morgan fingerprint density at radius 1 is 1.39 bits per heavy atom. The lowest BCUT2D eigenvalue weighted by atomic mass is 9.68. The maximum atomic E-state index is 12.2. The Kier molecular flexibility index (Phi) is 5.90. The van der Waals surface area contributed by atoms with Gasteiger partial charge in [-0.15, -0.1) is 0 Å². The lowest BCUT2D eigenvalue weighted by Gasteiger charge is -2.36. The van der Waals surface area contributed by atoms with Gasteiger partial charge in [-0.25, -0.2) is 0 Å². The maximum absolute atomic E-state index is 12.2. The van der Waals surface area contributed by atoms with Crippen LogP contribution in [0.2, 0.25) is 0 Å². The van der Waals surface area contributed by atoms with E-state index in [1.165, 1.54) is 0 Å². The number of benzene rings is 1. The Labute approximate surface area is 143 Å². The minimum atomic E-state index is 0.261. The Morgan fingerprint density at radius 2 is 2.09 bits per heavy atom. The molecule has 0 bridgehead atoms. The van der Waals surface area contributed by atoms with E-state index in [2.05, 4.69) is 31.5 Å². The standard InChI is InChI=1S/C19H24N2OS/c1-4-19(2,3)15-5-10-18(22)14(11-15)12-21-16-6-8-17(9-7-16)23-13-20/h6-9,12,15,21H,4-5,10-11H2,1-3H3/b14-12+/t15-/m1/s1. The van der Waals surface area contributed by atoms with Crippen LogP contribution in [-0.4, -0.2) is 5.78 Å². The van der Waals surface area contributed by atoms with E-state index in [1.807, 2.05) is 30.5 Å². The zero-order valence-corrected chi connectivity index (χ0v) is 14.9. The van der Waals surface area contributed by atoms with Gasteiger partial charge in [-0.05, 0) is 60.2 Å². The highest BCUT2D eigenvalue weighted by Crippen LogP contribution is 2.41. The number of anilines is 1. The number of ketones is 1. The molecule has 1 aliphatic rings. The van der Waals surface area contributed by atoms with E-state index in [1.54, 1.807) is 0 Å². The first kappa shape index (κ1) is 17.6. The number of carbonyl (C=O) groups is 1. The summed E-state index contributed by atoms with van der Waals surface area (Å²) in [7, 11) is 0. The van der Waals surface area contributed by atoms with Crippen LogP contribution in [0.5, 0.6) is 0 Å². The van der Waals surface area contributed by atoms with Gasteiger partial charge in [-0.2, -0.15) is 5.26 Å². The number of carbonyl (C=O) groups excluding carboxylic acids is 1. The molecule has 0 radical (unpaired) electrons. The molecule has 3 nitrogen and oxygen atoms in total. The molecule has 0 spiro atoms. The highest BCUT2D eigenvalue weighted by atomic mass is 32.2. The molecule has 1 aromatic carbocycles. The first-order valence-electron chi connectivity index (χ1n) is 8.11. The number of hydrogen-bond acceptors (Lipinski definition) is 4. The highest BCUT2D eigenvalue weighted by Gasteiger charge is 2.33. The average Bonchev–Trinajstić information content (AvgIpc) is 2.55. The van der Waals surface area contributed by atoms with Crippen LogP contribution in [0.1, 0.15) is 46.5 Å². The fourth-order valence-corrected chi connectivity index (χ4v) is 3.26. The summed E-state index contributed by atoms with van der Waals surface area (Å²) in [5.41, 5.74) is 2.11. The minimum absolute atomic E-state index is 0.261. The number of Topliss-reactive ketones (excluding diaryl/α,β-unsaturated/α-hetero) is 1. The van der Waals surface area contributed by atoms with Gasteiger partial charge in [0.05, 0.1) is 0 Å². The summed E-state index contributed by atoms with van der Waals surface area (Å²) in [6.07, 6.45) is 5.50. The molecule has 1 fully saturated rings. The third-order valence-electron chi connectivity index (χ3n) is 4.99. The van der Waals surface area contributed by atoms with Crippen molar-refractivity contribution in [2.75, 3.05) is 5.32 Å². The van der Waals surface area contributed by atoms with Crippen molar-refractivity contribution in [2.45, 2.75) is 51.3 Å². The molecule has 1 N–H and O–H groups in total. The van der Waals surface area contributed by atoms with Crippen LogP contribution >= 0.6 is 11.8 Å². The SMILES string of the molecule is CCC(C)(C)[C@@H]1CCC(=O)/C(=C/Nc2ccc(SC#N)cc2)C1. The second-order valence-corrected chi connectivity index (χ2v) is 7.59. The number of nitrogens with one attached hydrogen (secondary N) is 1. The zero-order chi connectivity index (χ0) is 16.9. The number of hydrogen-bond donors (Lipinski definition) is 1. The van der Waals surface area contributed by atoms with Gasteiger partial charge >= 0.3 is 0 Å². The molecule has 1 aliphatic carbocycles. The topological polar surface area (TPSA) is 52.9 Å². The smallest absolute Gasteiger partial charge is 0.160 e. The molecule has 2 rings (SSSR count). The Hall–Kier alpha value is -1.73. The molecule has 0 unspecified atom stereocenters. The van der Waals surface area contributed by atoms with E-state index in [0.717, 1.165) is 47.2 Å². The number of thiocyanates is 1. The molecule has 4 heteroatoms. The van der Waals surface area contributed by atoms with Crippen LogP contribution in [0.25, 0.3) is 0 Å². The fraction of sp³-hybridized carbons (Fsp3) is 0.474. The number of allylic oxidation sites excluding steroid dienone is 1. The van der Waals surface area contributed by atoms with Crippen molar-refractivity contribution in [3.8, 4) is 5.40 Å².